The van der Waals surface area contributed by atoms with Crippen molar-refractivity contribution in [1.29, 1.82) is 0 Å². The summed E-state index contributed by atoms with van der Waals surface area (Å²) in [5, 5.41) is 0. The normalized spacial score (nSPS) is 10.7. The number of benzene rings is 2. The molecule has 136 valence electrons. The minimum atomic E-state index is -0.469. The first-order chi connectivity index (χ1) is 12.2. The average molecular weight is 348 g/mol. The van der Waals surface area contributed by atoms with Crippen LogP contribution in [0.25, 0.3) is 11.1 Å². The first kappa shape index (κ1) is 19.2. The summed E-state index contributed by atoms with van der Waals surface area (Å²) in [7, 11) is 1.41. The van der Waals surface area contributed by atoms with Crippen LogP contribution >= 0.6 is 0 Å². The fraction of sp³-hybridized carbons (Fsp3) is 0.429. The second-order valence-corrected chi connectivity index (χ2v) is 6.11. The Balaban J connectivity index is 1.91. The van der Waals surface area contributed by atoms with E-state index >= 15 is 0 Å². The van der Waals surface area contributed by atoms with Gasteiger partial charge in [0, 0.05) is 0 Å². The van der Waals surface area contributed by atoms with Crippen LogP contribution in [0.2, 0.25) is 0 Å². The number of hydrogen-bond donors (Lipinski definition) is 0. The van der Waals surface area contributed by atoms with Crippen LogP contribution in [-0.2, 0) is 0 Å². The Labute approximate surface area is 148 Å². The molecule has 0 aliphatic heterocycles. The molecular formula is C21H26F2O2. The predicted molar refractivity (Wildman–Crippen MR) is 97.2 cm³/mol. The largest absolute Gasteiger partial charge is 0.494 e. The average Bonchev–Trinajstić information content (AvgIpc) is 2.62. The number of hydrogen-bond acceptors (Lipinski definition) is 2. The standard InChI is InChI=1S/C21H26F2O2/c1-3-4-5-6-7-8-13-25-21-12-10-17(15-19(21)23)16-9-11-20(24-2)18(22)14-16/h9-12,14-15H,3-8,13H2,1-2H3. The molecule has 4 heteroatoms. The molecule has 0 radical (unpaired) electrons. The van der Waals surface area contributed by atoms with Gasteiger partial charge in [-0.2, -0.15) is 0 Å². The van der Waals surface area contributed by atoms with Crippen LogP contribution in [0.3, 0.4) is 0 Å². The lowest BCUT2D eigenvalue weighted by molar-refractivity contribution is 0.290. The zero-order chi connectivity index (χ0) is 18.1. The summed E-state index contributed by atoms with van der Waals surface area (Å²) >= 11 is 0. The summed E-state index contributed by atoms with van der Waals surface area (Å²) < 4.78 is 38.4. The highest BCUT2D eigenvalue weighted by atomic mass is 19.1. The third-order valence-electron chi connectivity index (χ3n) is 4.17. The third-order valence-corrected chi connectivity index (χ3v) is 4.17. The Bertz CT molecular complexity index is 671. The summed E-state index contributed by atoms with van der Waals surface area (Å²) in [5.41, 5.74) is 1.20. The van der Waals surface area contributed by atoms with Crippen molar-refractivity contribution >= 4 is 0 Å². The number of halogens is 2. The van der Waals surface area contributed by atoms with Crippen molar-refractivity contribution in [1.82, 2.24) is 0 Å². The molecule has 0 aliphatic rings. The van der Waals surface area contributed by atoms with Crippen molar-refractivity contribution in [3.8, 4) is 22.6 Å². The summed E-state index contributed by atoms with van der Waals surface area (Å²) in [5.74, 6) is -0.488. The van der Waals surface area contributed by atoms with Crippen LogP contribution < -0.4 is 9.47 Å². The van der Waals surface area contributed by atoms with Crippen molar-refractivity contribution in [2.24, 2.45) is 0 Å². The highest BCUT2D eigenvalue weighted by molar-refractivity contribution is 5.65. The maximum absolute atomic E-state index is 14.2. The van der Waals surface area contributed by atoms with E-state index in [0.717, 1.165) is 12.8 Å². The van der Waals surface area contributed by atoms with E-state index in [4.69, 9.17) is 9.47 Å². The molecule has 0 saturated heterocycles. The van der Waals surface area contributed by atoms with Crippen molar-refractivity contribution in [2.75, 3.05) is 13.7 Å². The minimum Gasteiger partial charge on any atom is -0.494 e. The molecule has 0 aliphatic carbocycles. The number of rotatable bonds is 10. The van der Waals surface area contributed by atoms with Crippen molar-refractivity contribution in [2.45, 2.75) is 45.4 Å². The Hall–Kier alpha value is -2.10. The molecule has 2 aromatic rings. The Morgan fingerprint density at radius 3 is 1.88 bits per heavy atom. The van der Waals surface area contributed by atoms with Crippen LogP contribution in [0.1, 0.15) is 45.4 Å². The molecule has 2 rings (SSSR count). The van der Waals surface area contributed by atoms with E-state index in [1.54, 1.807) is 18.2 Å². The maximum Gasteiger partial charge on any atom is 0.165 e. The first-order valence-corrected chi connectivity index (χ1v) is 8.92. The quantitative estimate of drug-likeness (QED) is 0.464. The van der Waals surface area contributed by atoms with E-state index < -0.39 is 11.6 Å². The van der Waals surface area contributed by atoms with E-state index in [-0.39, 0.29) is 11.5 Å². The van der Waals surface area contributed by atoms with Gasteiger partial charge in [-0.1, -0.05) is 51.2 Å². The monoisotopic (exact) mass is 348 g/mol. The van der Waals surface area contributed by atoms with Crippen LogP contribution in [-0.4, -0.2) is 13.7 Å². The fourth-order valence-corrected chi connectivity index (χ4v) is 2.71. The smallest absolute Gasteiger partial charge is 0.165 e. The van der Waals surface area contributed by atoms with Crippen LogP contribution in [0.15, 0.2) is 36.4 Å². The van der Waals surface area contributed by atoms with Crippen LogP contribution in [0.4, 0.5) is 8.78 Å². The lowest BCUT2D eigenvalue weighted by Crippen LogP contribution is -1.99. The molecule has 0 atom stereocenters. The Morgan fingerprint density at radius 2 is 1.32 bits per heavy atom. The van der Waals surface area contributed by atoms with Gasteiger partial charge in [0.2, 0.25) is 0 Å². The van der Waals surface area contributed by atoms with Crippen LogP contribution in [0, 0.1) is 11.6 Å². The molecular weight excluding hydrogens is 322 g/mol. The van der Waals surface area contributed by atoms with Gasteiger partial charge in [-0.25, -0.2) is 8.78 Å². The SMILES string of the molecule is CCCCCCCCOc1ccc(-c2ccc(OC)c(F)c2)cc1F. The van der Waals surface area contributed by atoms with E-state index in [1.165, 1.54) is 51.0 Å². The Morgan fingerprint density at radius 1 is 0.760 bits per heavy atom. The minimum absolute atomic E-state index is 0.170. The van der Waals surface area contributed by atoms with Crippen molar-refractivity contribution < 1.29 is 18.3 Å². The molecule has 25 heavy (non-hydrogen) atoms. The lowest BCUT2D eigenvalue weighted by atomic mass is 10.0. The van der Waals surface area contributed by atoms with E-state index in [1.807, 2.05) is 0 Å². The first-order valence-electron chi connectivity index (χ1n) is 8.92. The second-order valence-electron chi connectivity index (χ2n) is 6.11. The number of unbranched alkanes of at least 4 members (excludes halogenated alkanes) is 5. The molecule has 0 spiro atoms. The second kappa shape index (κ2) is 10.0. The maximum atomic E-state index is 14.2. The molecule has 0 fully saturated rings. The molecule has 0 saturated carbocycles. The number of ether oxygens (including phenoxy) is 2. The zero-order valence-electron chi connectivity index (χ0n) is 15.0. The molecule has 2 aromatic carbocycles. The fourth-order valence-electron chi connectivity index (χ4n) is 2.71. The third kappa shape index (κ3) is 5.73. The van der Waals surface area contributed by atoms with Gasteiger partial charge in [-0.15, -0.1) is 0 Å². The zero-order valence-corrected chi connectivity index (χ0v) is 15.0. The van der Waals surface area contributed by atoms with Crippen molar-refractivity contribution in [3.05, 3.63) is 48.0 Å². The topological polar surface area (TPSA) is 18.5 Å². The summed E-state index contributed by atoms with van der Waals surface area (Å²) in [6, 6.07) is 9.28. The molecule has 0 unspecified atom stereocenters. The van der Waals surface area contributed by atoms with Crippen molar-refractivity contribution in [3.63, 3.8) is 0 Å². The van der Waals surface area contributed by atoms with Gasteiger partial charge in [-0.3, -0.25) is 0 Å². The summed E-state index contributed by atoms with van der Waals surface area (Å²) in [6.45, 7) is 2.70. The highest BCUT2D eigenvalue weighted by Gasteiger charge is 2.09. The molecule has 0 heterocycles. The summed E-state index contributed by atoms with van der Waals surface area (Å²) in [6.07, 6.45) is 6.97. The highest BCUT2D eigenvalue weighted by Crippen LogP contribution is 2.29. The van der Waals surface area contributed by atoms with Gasteiger partial charge >= 0.3 is 0 Å². The van der Waals surface area contributed by atoms with Gasteiger partial charge in [0.05, 0.1) is 13.7 Å². The molecule has 0 amide bonds. The molecule has 2 nitrogen and oxygen atoms in total. The number of methoxy groups -OCH3 is 1. The Kier molecular flexibility index (Phi) is 7.71. The predicted octanol–water partition coefficient (Wildman–Crippen LogP) is 6.38. The van der Waals surface area contributed by atoms with Gasteiger partial charge < -0.3 is 9.47 Å². The van der Waals surface area contributed by atoms with Gasteiger partial charge in [0.25, 0.3) is 0 Å². The van der Waals surface area contributed by atoms with Crippen LogP contribution in [0.5, 0.6) is 11.5 Å². The van der Waals surface area contributed by atoms with E-state index in [9.17, 15) is 8.78 Å². The van der Waals surface area contributed by atoms with E-state index in [2.05, 4.69) is 6.92 Å². The lowest BCUT2D eigenvalue weighted by Gasteiger charge is -2.10. The molecule has 0 aromatic heterocycles. The van der Waals surface area contributed by atoms with E-state index in [0.29, 0.717) is 17.7 Å². The van der Waals surface area contributed by atoms with Gasteiger partial charge in [-0.05, 0) is 41.8 Å². The molecule has 0 N–H and O–H groups in total. The van der Waals surface area contributed by atoms with Gasteiger partial charge in [0.1, 0.15) is 0 Å². The molecule has 0 bridgehead atoms. The summed E-state index contributed by atoms with van der Waals surface area (Å²) in [4.78, 5) is 0. The van der Waals surface area contributed by atoms with Gasteiger partial charge in [0.15, 0.2) is 23.1 Å².